The summed E-state index contributed by atoms with van der Waals surface area (Å²) in [5, 5.41) is 6.09. The second kappa shape index (κ2) is 9.48. The first-order valence-corrected chi connectivity index (χ1v) is 10.5. The van der Waals surface area contributed by atoms with Crippen LogP contribution in [0.3, 0.4) is 0 Å². The van der Waals surface area contributed by atoms with Gasteiger partial charge in [-0.25, -0.2) is 9.37 Å². The quantitative estimate of drug-likeness (QED) is 0.408. The Morgan fingerprint density at radius 3 is 2.61 bits per heavy atom. The monoisotopic (exact) mass is 438 g/mol. The lowest BCUT2D eigenvalue weighted by atomic mass is 10.3. The minimum atomic E-state index is -0.369. The topological polar surface area (TPSA) is 89.2 Å². The standard InChI is InChI=1S/C22H19FN4O3S/c23-15-7-9-16(10-8-15)25-21(29)14-31-22-26-18-5-1-2-6-19(18)27(22)13-20(28)24-12-17-4-3-11-30-17/h1-11H,12-14H2,(H,24,28)(H,25,29). The molecule has 0 aliphatic heterocycles. The summed E-state index contributed by atoms with van der Waals surface area (Å²) in [6.07, 6.45) is 1.55. The van der Waals surface area contributed by atoms with Crippen molar-refractivity contribution in [3.8, 4) is 0 Å². The Balaban J connectivity index is 1.43. The van der Waals surface area contributed by atoms with Gasteiger partial charge in [-0.3, -0.25) is 9.59 Å². The summed E-state index contributed by atoms with van der Waals surface area (Å²) in [5.41, 5.74) is 2.05. The molecule has 4 rings (SSSR count). The number of hydrogen-bond donors (Lipinski definition) is 2. The molecular formula is C22H19FN4O3S. The maximum Gasteiger partial charge on any atom is 0.240 e. The first kappa shape index (κ1) is 20.7. The van der Waals surface area contributed by atoms with Gasteiger partial charge in [0, 0.05) is 5.69 Å². The van der Waals surface area contributed by atoms with Crippen LogP contribution >= 0.6 is 11.8 Å². The third-order valence-electron chi connectivity index (χ3n) is 4.42. The lowest BCUT2D eigenvalue weighted by Gasteiger charge is -2.09. The number of aromatic nitrogens is 2. The number of fused-ring (bicyclic) bond motifs is 1. The van der Waals surface area contributed by atoms with E-state index in [1.54, 1.807) is 23.0 Å². The van der Waals surface area contributed by atoms with Crippen LogP contribution in [0.5, 0.6) is 0 Å². The molecule has 7 nitrogen and oxygen atoms in total. The van der Waals surface area contributed by atoms with E-state index in [2.05, 4.69) is 15.6 Å². The molecular weight excluding hydrogens is 419 g/mol. The number of halogens is 1. The number of imidazole rings is 1. The number of para-hydroxylation sites is 2. The number of rotatable bonds is 8. The average molecular weight is 438 g/mol. The van der Waals surface area contributed by atoms with Gasteiger partial charge in [0.05, 0.1) is 29.6 Å². The number of anilines is 1. The third kappa shape index (κ3) is 5.32. The average Bonchev–Trinajstić information content (AvgIpc) is 3.41. The minimum Gasteiger partial charge on any atom is -0.467 e. The second-order valence-electron chi connectivity index (χ2n) is 6.67. The van der Waals surface area contributed by atoms with Crippen LogP contribution in [0.25, 0.3) is 11.0 Å². The predicted octanol–water partition coefficient (Wildman–Crippen LogP) is 3.82. The number of furan rings is 1. The molecule has 0 fully saturated rings. The molecule has 0 bridgehead atoms. The van der Waals surface area contributed by atoms with E-state index in [1.807, 2.05) is 24.3 Å². The molecule has 2 heterocycles. The maximum absolute atomic E-state index is 13.0. The number of carbonyl (C=O) groups excluding carboxylic acids is 2. The normalized spacial score (nSPS) is 10.9. The Kier molecular flexibility index (Phi) is 6.32. The van der Waals surface area contributed by atoms with Gasteiger partial charge in [-0.15, -0.1) is 0 Å². The van der Waals surface area contributed by atoms with Crippen LogP contribution in [-0.2, 0) is 22.7 Å². The van der Waals surface area contributed by atoms with E-state index in [9.17, 15) is 14.0 Å². The van der Waals surface area contributed by atoms with E-state index >= 15 is 0 Å². The van der Waals surface area contributed by atoms with Crippen molar-refractivity contribution < 1.29 is 18.4 Å². The first-order valence-electron chi connectivity index (χ1n) is 9.51. The Labute approximate surface area is 181 Å². The summed E-state index contributed by atoms with van der Waals surface area (Å²) >= 11 is 1.23. The highest BCUT2D eigenvalue weighted by atomic mass is 32.2. The molecule has 0 radical (unpaired) electrons. The molecule has 2 aromatic carbocycles. The highest BCUT2D eigenvalue weighted by Gasteiger charge is 2.16. The zero-order chi connectivity index (χ0) is 21.6. The Morgan fingerprint density at radius 2 is 1.84 bits per heavy atom. The van der Waals surface area contributed by atoms with E-state index in [0.717, 1.165) is 11.0 Å². The van der Waals surface area contributed by atoms with Crippen molar-refractivity contribution in [1.29, 1.82) is 0 Å². The van der Waals surface area contributed by atoms with Crippen LogP contribution in [0.1, 0.15) is 5.76 Å². The highest BCUT2D eigenvalue weighted by molar-refractivity contribution is 7.99. The van der Waals surface area contributed by atoms with Crippen molar-refractivity contribution in [2.45, 2.75) is 18.2 Å². The van der Waals surface area contributed by atoms with Crippen molar-refractivity contribution in [3.05, 3.63) is 78.5 Å². The number of hydrogen-bond acceptors (Lipinski definition) is 5. The van der Waals surface area contributed by atoms with Gasteiger partial charge in [0.1, 0.15) is 18.1 Å². The summed E-state index contributed by atoms with van der Waals surface area (Å²) in [6, 6.07) is 16.6. The maximum atomic E-state index is 13.0. The van der Waals surface area contributed by atoms with Gasteiger partial charge in [0.25, 0.3) is 0 Å². The second-order valence-corrected chi connectivity index (χ2v) is 7.61. The zero-order valence-corrected chi connectivity index (χ0v) is 17.2. The molecule has 2 aromatic heterocycles. The van der Waals surface area contributed by atoms with Crippen molar-refractivity contribution in [1.82, 2.24) is 14.9 Å². The number of nitrogens with one attached hydrogen (secondary N) is 2. The number of carbonyl (C=O) groups is 2. The van der Waals surface area contributed by atoms with E-state index in [4.69, 9.17) is 4.42 Å². The fourth-order valence-corrected chi connectivity index (χ4v) is 3.79. The van der Waals surface area contributed by atoms with Gasteiger partial charge in [0.2, 0.25) is 11.8 Å². The number of amides is 2. The van der Waals surface area contributed by atoms with E-state index < -0.39 is 0 Å². The van der Waals surface area contributed by atoms with E-state index in [1.165, 1.54) is 36.0 Å². The summed E-state index contributed by atoms with van der Waals surface area (Å²) in [5.74, 6) is -0.0636. The van der Waals surface area contributed by atoms with Crippen molar-refractivity contribution in [3.63, 3.8) is 0 Å². The van der Waals surface area contributed by atoms with Gasteiger partial charge in [-0.05, 0) is 48.5 Å². The molecule has 0 unspecified atom stereocenters. The lowest BCUT2D eigenvalue weighted by molar-refractivity contribution is -0.122. The molecule has 0 saturated carbocycles. The molecule has 2 N–H and O–H groups in total. The number of benzene rings is 2. The molecule has 4 aromatic rings. The van der Waals surface area contributed by atoms with Crippen molar-refractivity contribution in [2.75, 3.05) is 11.1 Å². The number of thioether (sulfide) groups is 1. The first-order chi connectivity index (χ1) is 15.1. The van der Waals surface area contributed by atoms with E-state index in [-0.39, 0.29) is 29.9 Å². The van der Waals surface area contributed by atoms with Gasteiger partial charge in [-0.1, -0.05) is 23.9 Å². The summed E-state index contributed by atoms with van der Waals surface area (Å²) < 4.78 is 20.0. The minimum absolute atomic E-state index is 0.0587. The van der Waals surface area contributed by atoms with Crippen LogP contribution in [0.4, 0.5) is 10.1 Å². The molecule has 0 atom stereocenters. The Hall–Kier alpha value is -3.59. The predicted molar refractivity (Wildman–Crippen MR) is 116 cm³/mol. The Morgan fingerprint density at radius 1 is 1.03 bits per heavy atom. The summed E-state index contributed by atoms with van der Waals surface area (Å²) in [4.78, 5) is 29.4. The fourth-order valence-electron chi connectivity index (χ4n) is 2.98. The SMILES string of the molecule is O=C(Cn1c(SCC(=O)Nc2ccc(F)cc2)nc2ccccc21)NCc1ccco1. The highest BCUT2D eigenvalue weighted by Crippen LogP contribution is 2.24. The van der Waals surface area contributed by atoms with Gasteiger partial charge < -0.3 is 19.6 Å². The van der Waals surface area contributed by atoms with Crippen molar-refractivity contribution in [2.24, 2.45) is 0 Å². The molecule has 31 heavy (non-hydrogen) atoms. The zero-order valence-electron chi connectivity index (χ0n) is 16.4. The molecule has 0 saturated heterocycles. The van der Waals surface area contributed by atoms with Gasteiger partial charge in [0.15, 0.2) is 5.16 Å². The molecule has 0 aliphatic carbocycles. The largest absolute Gasteiger partial charge is 0.467 e. The lowest BCUT2D eigenvalue weighted by Crippen LogP contribution is -2.27. The van der Waals surface area contributed by atoms with Crippen LogP contribution in [0.15, 0.2) is 76.5 Å². The van der Waals surface area contributed by atoms with Crippen molar-refractivity contribution >= 4 is 40.3 Å². The molecule has 158 valence electrons. The molecule has 2 amide bonds. The third-order valence-corrected chi connectivity index (χ3v) is 5.40. The van der Waals surface area contributed by atoms with Crippen LogP contribution in [-0.4, -0.2) is 27.1 Å². The van der Waals surface area contributed by atoms with Crippen LogP contribution in [0.2, 0.25) is 0 Å². The summed E-state index contributed by atoms with van der Waals surface area (Å²) in [6.45, 7) is 0.351. The Bertz CT molecular complexity index is 1190. The fraction of sp³-hybridized carbons (Fsp3) is 0.136. The molecule has 0 spiro atoms. The van der Waals surface area contributed by atoms with Gasteiger partial charge >= 0.3 is 0 Å². The van der Waals surface area contributed by atoms with E-state index in [0.29, 0.717) is 23.1 Å². The molecule has 9 heteroatoms. The molecule has 0 aliphatic rings. The van der Waals surface area contributed by atoms with Gasteiger partial charge in [-0.2, -0.15) is 0 Å². The van der Waals surface area contributed by atoms with Crippen LogP contribution < -0.4 is 10.6 Å². The number of nitrogens with zero attached hydrogens (tertiary/aromatic N) is 2. The smallest absolute Gasteiger partial charge is 0.240 e. The summed E-state index contributed by atoms with van der Waals surface area (Å²) in [7, 11) is 0. The van der Waals surface area contributed by atoms with Crippen LogP contribution in [0, 0.1) is 5.82 Å².